The lowest BCUT2D eigenvalue weighted by molar-refractivity contribution is -0.112. The Kier molecular flexibility index (Phi) is 4.20. The van der Waals surface area contributed by atoms with Gasteiger partial charge in [-0.3, -0.25) is 4.79 Å². The fourth-order valence-corrected chi connectivity index (χ4v) is 3.22. The monoisotopic (exact) mass is 386 g/mol. The fraction of sp³-hybridized carbons (Fsp3) is 0.429. The van der Waals surface area contributed by atoms with Gasteiger partial charge in [0, 0.05) is 18.4 Å². The summed E-state index contributed by atoms with van der Waals surface area (Å²) in [4.78, 5) is 16.4. The second-order valence-corrected chi connectivity index (χ2v) is 5.75. The summed E-state index contributed by atoms with van der Waals surface area (Å²) in [6, 6.07) is 0. The summed E-state index contributed by atoms with van der Waals surface area (Å²) < 4.78 is 22.5. The number of methoxy groups -OCH3 is 2. The van der Waals surface area contributed by atoms with Crippen LogP contribution in [0.4, 0.5) is 0 Å². The Morgan fingerprint density at radius 2 is 2.00 bits per heavy atom. The Balaban J connectivity index is 1.95. The van der Waals surface area contributed by atoms with Crippen LogP contribution in [0.15, 0.2) is 9.63 Å². The molecule has 1 amide bonds. The molecule has 2 aliphatic rings. The molecule has 23 heavy (non-hydrogen) atoms. The maximum atomic E-state index is 11.2. The summed E-state index contributed by atoms with van der Waals surface area (Å²) >= 11 is 3.51. The number of primary amides is 1. The molecule has 1 atom stereocenters. The van der Waals surface area contributed by atoms with Crippen LogP contribution in [0.25, 0.3) is 0 Å². The van der Waals surface area contributed by atoms with Crippen molar-refractivity contribution in [2.45, 2.75) is 18.9 Å². The molecular weight excluding hydrogens is 372 g/mol. The molecule has 2 N–H and O–H groups in total. The summed E-state index contributed by atoms with van der Waals surface area (Å²) in [6.45, 7) is 0.103. The van der Waals surface area contributed by atoms with E-state index < -0.39 is 5.91 Å². The molecule has 124 valence electrons. The predicted octanol–water partition coefficient (Wildman–Crippen LogP) is 1.37. The van der Waals surface area contributed by atoms with Crippen molar-refractivity contribution < 1.29 is 28.6 Å². The van der Waals surface area contributed by atoms with E-state index >= 15 is 0 Å². The van der Waals surface area contributed by atoms with Crippen molar-refractivity contribution in [2.75, 3.05) is 21.0 Å². The first-order chi connectivity index (χ1) is 11.1. The minimum Gasteiger partial charge on any atom is -0.492 e. The van der Waals surface area contributed by atoms with Gasteiger partial charge >= 0.3 is 0 Å². The average molecular weight is 387 g/mol. The lowest BCUT2D eigenvalue weighted by Crippen LogP contribution is -2.23. The highest BCUT2D eigenvalue weighted by molar-refractivity contribution is 9.10. The van der Waals surface area contributed by atoms with E-state index in [0.29, 0.717) is 40.3 Å². The number of fused-ring (bicyclic) bond motifs is 1. The summed E-state index contributed by atoms with van der Waals surface area (Å²) in [5.41, 5.74) is 6.22. The van der Waals surface area contributed by atoms with Gasteiger partial charge in [-0.2, -0.15) is 0 Å². The van der Waals surface area contributed by atoms with Crippen molar-refractivity contribution in [3.8, 4) is 23.0 Å². The smallest absolute Gasteiger partial charge is 0.266 e. The zero-order chi connectivity index (χ0) is 16.6. The number of benzene rings is 1. The molecule has 0 aromatic heterocycles. The van der Waals surface area contributed by atoms with E-state index in [9.17, 15) is 4.79 Å². The zero-order valence-electron chi connectivity index (χ0n) is 12.6. The van der Waals surface area contributed by atoms with E-state index in [4.69, 9.17) is 29.5 Å². The molecule has 0 aliphatic carbocycles. The summed E-state index contributed by atoms with van der Waals surface area (Å²) in [6.07, 6.45) is 0.436. The molecular formula is C14H15BrN2O6. The van der Waals surface area contributed by atoms with Crippen molar-refractivity contribution in [3.63, 3.8) is 0 Å². The molecule has 2 heterocycles. The summed E-state index contributed by atoms with van der Waals surface area (Å²) in [7, 11) is 3.06. The number of oxime groups is 1. The largest absolute Gasteiger partial charge is 0.492 e. The lowest BCUT2D eigenvalue weighted by atomic mass is 10.0. The number of nitrogens with two attached hydrogens (primary N) is 1. The van der Waals surface area contributed by atoms with Gasteiger partial charge in [0.05, 0.1) is 18.7 Å². The van der Waals surface area contributed by atoms with Gasteiger partial charge < -0.3 is 29.5 Å². The molecule has 1 aromatic rings. The standard InChI is InChI=1S/C14H15BrN2O6/c1-19-10-7(3-6-4-8(14(16)18)17-23-6)9(15)11-13(12(10)20-2)22-5-21-11/h6H,3-5H2,1-2H3,(H2,16,18). The number of rotatable bonds is 5. The highest BCUT2D eigenvalue weighted by atomic mass is 79.9. The quantitative estimate of drug-likeness (QED) is 0.819. The van der Waals surface area contributed by atoms with Gasteiger partial charge in [-0.15, -0.1) is 0 Å². The van der Waals surface area contributed by atoms with Crippen LogP contribution in [0, 0.1) is 0 Å². The van der Waals surface area contributed by atoms with Gasteiger partial charge in [0.15, 0.2) is 11.5 Å². The Labute approximate surface area is 140 Å². The third kappa shape index (κ3) is 2.65. The highest BCUT2D eigenvalue weighted by Crippen LogP contribution is 2.54. The van der Waals surface area contributed by atoms with Gasteiger partial charge in [0.25, 0.3) is 5.91 Å². The van der Waals surface area contributed by atoms with Gasteiger partial charge in [0.1, 0.15) is 11.8 Å². The van der Waals surface area contributed by atoms with Crippen molar-refractivity contribution in [3.05, 3.63) is 10.0 Å². The first kappa shape index (κ1) is 15.7. The molecule has 0 bridgehead atoms. The van der Waals surface area contributed by atoms with Gasteiger partial charge in [-0.1, -0.05) is 5.16 Å². The third-order valence-corrected chi connectivity index (χ3v) is 4.46. The highest BCUT2D eigenvalue weighted by Gasteiger charge is 2.33. The Hall–Kier alpha value is -2.16. The van der Waals surface area contributed by atoms with Crippen LogP contribution >= 0.6 is 15.9 Å². The van der Waals surface area contributed by atoms with Crippen molar-refractivity contribution in [1.29, 1.82) is 0 Å². The topological polar surface area (TPSA) is 102 Å². The number of hydrogen-bond donors (Lipinski definition) is 1. The van der Waals surface area contributed by atoms with E-state index in [-0.39, 0.29) is 18.6 Å². The molecule has 8 nitrogen and oxygen atoms in total. The lowest BCUT2D eigenvalue weighted by Gasteiger charge is -2.18. The Morgan fingerprint density at radius 1 is 1.30 bits per heavy atom. The molecule has 9 heteroatoms. The van der Waals surface area contributed by atoms with Crippen molar-refractivity contribution in [2.24, 2.45) is 10.9 Å². The van der Waals surface area contributed by atoms with E-state index in [1.54, 1.807) is 0 Å². The summed E-state index contributed by atoms with van der Waals surface area (Å²) in [5, 5.41) is 3.71. The van der Waals surface area contributed by atoms with Crippen molar-refractivity contribution in [1.82, 2.24) is 0 Å². The van der Waals surface area contributed by atoms with Crippen molar-refractivity contribution >= 4 is 27.5 Å². The van der Waals surface area contributed by atoms with E-state index in [1.165, 1.54) is 14.2 Å². The van der Waals surface area contributed by atoms with Crippen LogP contribution in [-0.4, -0.2) is 38.7 Å². The third-order valence-electron chi connectivity index (χ3n) is 3.62. The molecule has 2 aliphatic heterocycles. The molecule has 0 saturated heterocycles. The number of halogens is 1. The van der Waals surface area contributed by atoms with Gasteiger partial charge in [0.2, 0.25) is 18.3 Å². The van der Waals surface area contributed by atoms with Crippen LogP contribution in [0.2, 0.25) is 0 Å². The molecule has 0 saturated carbocycles. The zero-order valence-corrected chi connectivity index (χ0v) is 14.1. The molecule has 1 unspecified atom stereocenters. The van der Waals surface area contributed by atoms with E-state index in [2.05, 4.69) is 21.1 Å². The molecule has 0 fully saturated rings. The normalized spacial score (nSPS) is 18.4. The van der Waals surface area contributed by atoms with E-state index in [0.717, 1.165) is 5.56 Å². The predicted molar refractivity (Wildman–Crippen MR) is 83.2 cm³/mol. The maximum Gasteiger partial charge on any atom is 0.266 e. The SMILES string of the molecule is COc1c(CC2CC(C(N)=O)=NO2)c(Br)c2c(c1OC)OCO2. The van der Waals surface area contributed by atoms with Crippen LogP contribution in [-0.2, 0) is 16.1 Å². The number of carbonyl (C=O) groups is 1. The van der Waals surface area contributed by atoms with Gasteiger partial charge in [-0.05, 0) is 15.9 Å². The number of hydrogen-bond acceptors (Lipinski definition) is 7. The van der Waals surface area contributed by atoms with Crippen LogP contribution in [0.5, 0.6) is 23.0 Å². The van der Waals surface area contributed by atoms with Crippen LogP contribution < -0.4 is 24.7 Å². The van der Waals surface area contributed by atoms with Crippen LogP contribution in [0.3, 0.4) is 0 Å². The van der Waals surface area contributed by atoms with E-state index in [1.807, 2.05) is 0 Å². The summed E-state index contributed by atoms with van der Waals surface area (Å²) in [5.74, 6) is 1.42. The second-order valence-electron chi connectivity index (χ2n) is 4.96. The van der Waals surface area contributed by atoms with Gasteiger partial charge in [-0.25, -0.2) is 0 Å². The number of ether oxygens (including phenoxy) is 4. The number of amides is 1. The molecule has 3 rings (SSSR count). The molecule has 1 aromatic carbocycles. The number of nitrogens with zero attached hydrogens (tertiary/aromatic N) is 1. The fourth-order valence-electron chi connectivity index (χ4n) is 2.58. The molecule has 0 radical (unpaired) electrons. The molecule has 0 spiro atoms. The maximum absolute atomic E-state index is 11.2. The van der Waals surface area contributed by atoms with Crippen LogP contribution in [0.1, 0.15) is 12.0 Å². The second kappa shape index (κ2) is 6.15. The number of carbonyl (C=O) groups excluding carboxylic acids is 1. The minimum absolute atomic E-state index is 0.103. The first-order valence-corrected chi connectivity index (χ1v) is 7.60. The minimum atomic E-state index is -0.582. The average Bonchev–Trinajstić information content (AvgIpc) is 3.18. The Morgan fingerprint density at radius 3 is 2.61 bits per heavy atom. The Bertz CT molecular complexity index is 691. The first-order valence-electron chi connectivity index (χ1n) is 6.81.